The van der Waals surface area contributed by atoms with E-state index in [1.807, 2.05) is 13.8 Å². The molecule has 0 aromatic carbocycles. The molecule has 0 aliphatic carbocycles. The highest BCUT2D eigenvalue weighted by Crippen LogP contribution is 2.28. The lowest BCUT2D eigenvalue weighted by atomic mass is 9.86. The molecule has 1 aromatic rings. The smallest absolute Gasteiger partial charge is 0.330 e. The molecule has 2 aliphatic rings. The van der Waals surface area contributed by atoms with E-state index in [1.165, 1.54) is 4.57 Å². The average molecular weight is 293 g/mol. The van der Waals surface area contributed by atoms with Crippen LogP contribution in [0, 0.1) is 5.92 Å². The van der Waals surface area contributed by atoms with Crippen LogP contribution in [0.1, 0.15) is 44.7 Å². The van der Waals surface area contributed by atoms with Gasteiger partial charge in [0.25, 0.3) is 5.56 Å². The highest BCUT2D eigenvalue weighted by atomic mass is 16.5. The molecule has 1 fully saturated rings. The van der Waals surface area contributed by atoms with E-state index in [0.717, 1.165) is 38.9 Å². The summed E-state index contributed by atoms with van der Waals surface area (Å²) in [6.45, 7) is 5.32. The molecule has 0 saturated carbocycles. The van der Waals surface area contributed by atoms with E-state index in [2.05, 4.69) is 10.3 Å². The molecule has 1 aromatic heterocycles. The predicted octanol–water partition coefficient (Wildman–Crippen LogP) is 1.27. The maximum atomic E-state index is 12.4. The molecular weight excluding hydrogens is 270 g/mol. The molecule has 0 unspecified atom stereocenters. The molecule has 0 radical (unpaired) electrons. The molecule has 21 heavy (non-hydrogen) atoms. The van der Waals surface area contributed by atoms with Crippen molar-refractivity contribution in [3.8, 4) is 0 Å². The molecule has 1 saturated heterocycles. The van der Waals surface area contributed by atoms with Crippen LogP contribution in [0.2, 0.25) is 0 Å². The SMILES string of the molecule is CC(C)n1c(=O)[nH]c2c(c1=O)CC[C@H](C1CCOCC1)N2. The first-order valence-electron chi connectivity index (χ1n) is 7.80. The molecule has 3 heterocycles. The lowest BCUT2D eigenvalue weighted by molar-refractivity contribution is 0.0593. The summed E-state index contributed by atoms with van der Waals surface area (Å²) in [5, 5.41) is 3.39. The topological polar surface area (TPSA) is 76.1 Å². The Morgan fingerprint density at radius 1 is 1.19 bits per heavy atom. The number of aromatic nitrogens is 2. The minimum absolute atomic E-state index is 0.125. The predicted molar refractivity (Wildman–Crippen MR) is 81.0 cm³/mol. The van der Waals surface area contributed by atoms with Crippen LogP contribution in [0.3, 0.4) is 0 Å². The Labute approximate surface area is 123 Å². The number of nitrogens with zero attached hydrogens (tertiary/aromatic N) is 1. The Hall–Kier alpha value is -1.56. The highest BCUT2D eigenvalue weighted by Gasteiger charge is 2.29. The van der Waals surface area contributed by atoms with Gasteiger partial charge in [0, 0.05) is 25.3 Å². The van der Waals surface area contributed by atoms with Crippen molar-refractivity contribution in [1.82, 2.24) is 9.55 Å². The number of nitrogens with one attached hydrogen (secondary N) is 2. The van der Waals surface area contributed by atoms with E-state index in [1.54, 1.807) is 0 Å². The Morgan fingerprint density at radius 2 is 1.90 bits per heavy atom. The first-order chi connectivity index (χ1) is 10.1. The van der Waals surface area contributed by atoms with Gasteiger partial charge in [0.1, 0.15) is 5.82 Å². The maximum absolute atomic E-state index is 12.4. The van der Waals surface area contributed by atoms with Gasteiger partial charge in [0.05, 0.1) is 5.56 Å². The molecule has 3 rings (SSSR count). The van der Waals surface area contributed by atoms with Gasteiger partial charge in [-0.2, -0.15) is 0 Å². The summed E-state index contributed by atoms with van der Waals surface area (Å²) in [7, 11) is 0. The van der Waals surface area contributed by atoms with Crippen molar-refractivity contribution in [3.05, 3.63) is 26.4 Å². The fraction of sp³-hybridized carbons (Fsp3) is 0.733. The van der Waals surface area contributed by atoms with Crippen molar-refractivity contribution in [3.63, 3.8) is 0 Å². The van der Waals surface area contributed by atoms with Crippen LogP contribution >= 0.6 is 0 Å². The summed E-state index contributed by atoms with van der Waals surface area (Å²) in [6.07, 6.45) is 3.75. The molecule has 0 amide bonds. The van der Waals surface area contributed by atoms with Crippen molar-refractivity contribution in [2.24, 2.45) is 5.92 Å². The quantitative estimate of drug-likeness (QED) is 0.861. The molecule has 2 N–H and O–H groups in total. The Balaban J connectivity index is 1.90. The van der Waals surface area contributed by atoms with E-state index in [-0.39, 0.29) is 17.3 Å². The number of hydrogen-bond acceptors (Lipinski definition) is 4. The first-order valence-corrected chi connectivity index (χ1v) is 7.80. The molecular formula is C15H23N3O3. The van der Waals surface area contributed by atoms with Gasteiger partial charge >= 0.3 is 5.69 Å². The molecule has 6 nitrogen and oxygen atoms in total. The minimum Gasteiger partial charge on any atom is -0.381 e. The zero-order valence-electron chi connectivity index (χ0n) is 12.6. The van der Waals surface area contributed by atoms with Gasteiger partial charge < -0.3 is 10.1 Å². The number of aromatic amines is 1. The van der Waals surface area contributed by atoms with Crippen LogP contribution in [0.25, 0.3) is 0 Å². The zero-order chi connectivity index (χ0) is 15.0. The molecule has 116 valence electrons. The molecule has 0 spiro atoms. The lowest BCUT2D eigenvalue weighted by Crippen LogP contribution is -2.44. The van der Waals surface area contributed by atoms with Gasteiger partial charge in [0.2, 0.25) is 0 Å². The van der Waals surface area contributed by atoms with Gasteiger partial charge in [-0.1, -0.05) is 0 Å². The summed E-state index contributed by atoms with van der Waals surface area (Å²) in [5.41, 5.74) is 0.238. The number of H-pyrrole nitrogens is 1. The van der Waals surface area contributed by atoms with Crippen molar-refractivity contribution in [1.29, 1.82) is 0 Å². The second-order valence-electron chi connectivity index (χ2n) is 6.29. The zero-order valence-corrected chi connectivity index (χ0v) is 12.6. The van der Waals surface area contributed by atoms with Crippen molar-refractivity contribution in [2.75, 3.05) is 18.5 Å². The molecule has 0 bridgehead atoms. The van der Waals surface area contributed by atoms with Gasteiger partial charge in [-0.05, 0) is 45.4 Å². The molecule has 2 aliphatic heterocycles. The summed E-state index contributed by atoms with van der Waals surface area (Å²) in [6, 6.07) is 0.200. The number of ether oxygens (including phenoxy) is 1. The van der Waals surface area contributed by atoms with Crippen molar-refractivity contribution >= 4 is 5.82 Å². The first kappa shape index (κ1) is 14.4. The number of anilines is 1. The van der Waals surface area contributed by atoms with Gasteiger partial charge in [-0.15, -0.1) is 0 Å². The normalized spacial score (nSPS) is 22.9. The Kier molecular flexibility index (Phi) is 3.89. The summed E-state index contributed by atoms with van der Waals surface area (Å²) in [5.74, 6) is 1.19. The summed E-state index contributed by atoms with van der Waals surface area (Å²) in [4.78, 5) is 27.4. The van der Waals surface area contributed by atoms with E-state index in [9.17, 15) is 9.59 Å². The summed E-state index contributed by atoms with van der Waals surface area (Å²) < 4.78 is 6.70. The van der Waals surface area contributed by atoms with Crippen molar-refractivity contribution in [2.45, 2.75) is 51.6 Å². The third-order valence-corrected chi connectivity index (χ3v) is 4.62. The number of rotatable bonds is 2. The Bertz CT molecular complexity index is 626. The second-order valence-corrected chi connectivity index (χ2v) is 6.29. The van der Waals surface area contributed by atoms with Crippen LogP contribution < -0.4 is 16.6 Å². The molecule has 1 atom stereocenters. The maximum Gasteiger partial charge on any atom is 0.330 e. The van der Waals surface area contributed by atoms with E-state index < -0.39 is 0 Å². The van der Waals surface area contributed by atoms with Gasteiger partial charge in [0.15, 0.2) is 0 Å². The third kappa shape index (κ3) is 2.64. The van der Waals surface area contributed by atoms with Gasteiger partial charge in [-0.25, -0.2) is 4.79 Å². The summed E-state index contributed by atoms with van der Waals surface area (Å²) >= 11 is 0. The van der Waals surface area contributed by atoms with Crippen molar-refractivity contribution < 1.29 is 4.74 Å². The largest absolute Gasteiger partial charge is 0.381 e. The van der Waals surface area contributed by atoms with E-state index in [4.69, 9.17) is 4.74 Å². The van der Waals surface area contributed by atoms with Crippen LogP contribution in [0.15, 0.2) is 9.59 Å². The van der Waals surface area contributed by atoms with E-state index in [0.29, 0.717) is 23.3 Å². The fourth-order valence-corrected chi connectivity index (χ4v) is 3.44. The fourth-order valence-electron chi connectivity index (χ4n) is 3.44. The number of hydrogen-bond donors (Lipinski definition) is 2. The lowest BCUT2D eigenvalue weighted by Gasteiger charge is -2.34. The third-order valence-electron chi connectivity index (χ3n) is 4.62. The minimum atomic E-state index is -0.325. The van der Waals surface area contributed by atoms with Crippen LogP contribution in [-0.4, -0.2) is 28.8 Å². The van der Waals surface area contributed by atoms with Gasteiger partial charge in [-0.3, -0.25) is 14.3 Å². The second kappa shape index (κ2) is 5.67. The standard InChI is InChI=1S/C15H23N3O3/c1-9(2)18-14(19)11-3-4-12(10-5-7-21-8-6-10)16-13(11)17-15(18)20/h9-10,12,16H,3-8H2,1-2H3,(H,17,20)/t12-/m1/s1. The Morgan fingerprint density at radius 3 is 2.57 bits per heavy atom. The average Bonchev–Trinajstić information content (AvgIpc) is 2.47. The monoisotopic (exact) mass is 293 g/mol. The van der Waals surface area contributed by atoms with Crippen LogP contribution in [0.5, 0.6) is 0 Å². The van der Waals surface area contributed by atoms with Crippen LogP contribution in [-0.2, 0) is 11.2 Å². The molecule has 6 heteroatoms. The number of fused-ring (bicyclic) bond motifs is 1. The van der Waals surface area contributed by atoms with Crippen LogP contribution in [0.4, 0.5) is 5.82 Å². The van der Waals surface area contributed by atoms with E-state index >= 15 is 0 Å². The highest BCUT2D eigenvalue weighted by molar-refractivity contribution is 5.46.